The van der Waals surface area contributed by atoms with Crippen LogP contribution in [0.15, 0.2) is 18.2 Å². The Morgan fingerprint density at radius 1 is 1.59 bits per heavy atom. The molecule has 0 aliphatic carbocycles. The van der Waals surface area contributed by atoms with Crippen LogP contribution in [0.5, 0.6) is 0 Å². The van der Waals surface area contributed by atoms with Crippen LogP contribution in [0.2, 0.25) is 0 Å². The highest BCUT2D eigenvalue weighted by molar-refractivity contribution is 7.98. The third-order valence-corrected chi connectivity index (χ3v) is 3.30. The number of halogens is 1. The summed E-state index contributed by atoms with van der Waals surface area (Å²) < 4.78 is 12.9. The number of aromatic nitrogens is 1. The van der Waals surface area contributed by atoms with E-state index in [1.165, 1.54) is 18.2 Å². The van der Waals surface area contributed by atoms with E-state index in [4.69, 9.17) is 0 Å². The van der Waals surface area contributed by atoms with Crippen LogP contribution in [-0.4, -0.2) is 40.9 Å². The monoisotopic (exact) mass is 256 g/mol. The first-order chi connectivity index (χ1) is 8.06. The molecule has 3 nitrogen and oxygen atoms in total. The molecular formula is C12H17FN2OS. The quantitative estimate of drug-likeness (QED) is 0.759. The Morgan fingerprint density at radius 2 is 2.29 bits per heavy atom. The number of rotatable bonds is 5. The predicted molar refractivity (Wildman–Crippen MR) is 68.7 cm³/mol. The molecule has 0 aliphatic rings. The summed E-state index contributed by atoms with van der Waals surface area (Å²) in [6.45, 7) is 1.98. The SMILES string of the molecule is CSCCC(C)N(C)C(=O)c1cccc(F)n1. The summed E-state index contributed by atoms with van der Waals surface area (Å²) in [5, 5.41) is 0. The van der Waals surface area contributed by atoms with E-state index >= 15 is 0 Å². The average molecular weight is 256 g/mol. The fourth-order valence-corrected chi connectivity index (χ4v) is 1.97. The Hall–Kier alpha value is -1.10. The average Bonchev–Trinajstić information content (AvgIpc) is 2.34. The molecule has 0 saturated heterocycles. The lowest BCUT2D eigenvalue weighted by Gasteiger charge is -2.24. The maximum absolute atomic E-state index is 12.9. The first-order valence-corrected chi connectivity index (χ1v) is 6.84. The summed E-state index contributed by atoms with van der Waals surface area (Å²) in [6, 6.07) is 4.38. The van der Waals surface area contributed by atoms with E-state index < -0.39 is 5.95 Å². The minimum atomic E-state index is -0.624. The van der Waals surface area contributed by atoms with E-state index in [9.17, 15) is 9.18 Å². The van der Waals surface area contributed by atoms with Gasteiger partial charge in [0.05, 0.1) is 0 Å². The number of amides is 1. The summed E-state index contributed by atoms with van der Waals surface area (Å²) in [7, 11) is 1.72. The standard InChI is InChI=1S/C12H17FN2OS/c1-9(7-8-17-3)15(2)12(16)10-5-4-6-11(13)14-10/h4-6,9H,7-8H2,1-3H3. The van der Waals surface area contributed by atoms with Crippen molar-refractivity contribution in [3.63, 3.8) is 0 Å². The lowest BCUT2D eigenvalue weighted by molar-refractivity contribution is 0.0734. The Balaban J connectivity index is 2.69. The second-order valence-corrected chi connectivity index (χ2v) is 4.88. The number of carbonyl (C=O) groups is 1. The maximum atomic E-state index is 12.9. The highest BCUT2D eigenvalue weighted by Crippen LogP contribution is 2.09. The van der Waals surface area contributed by atoms with Crippen molar-refractivity contribution in [2.75, 3.05) is 19.1 Å². The molecule has 94 valence electrons. The molecule has 0 aromatic carbocycles. The number of hydrogen-bond acceptors (Lipinski definition) is 3. The van der Waals surface area contributed by atoms with Crippen molar-refractivity contribution in [1.29, 1.82) is 0 Å². The Bertz CT molecular complexity index is 387. The van der Waals surface area contributed by atoms with Gasteiger partial charge in [0, 0.05) is 13.1 Å². The number of thioether (sulfide) groups is 1. The largest absolute Gasteiger partial charge is 0.338 e. The van der Waals surface area contributed by atoms with Gasteiger partial charge in [-0.05, 0) is 37.5 Å². The maximum Gasteiger partial charge on any atom is 0.272 e. The fourth-order valence-electron chi connectivity index (χ4n) is 1.39. The van der Waals surface area contributed by atoms with Crippen molar-refractivity contribution in [1.82, 2.24) is 9.88 Å². The molecule has 1 atom stereocenters. The number of pyridine rings is 1. The second kappa shape index (κ2) is 6.59. The minimum Gasteiger partial charge on any atom is -0.338 e. The van der Waals surface area contributed by atoms with Gasteiger partial charge in [-0.25, -0.2) is 4.98 Å². The van der Waals surface area contributed by atoms with Crippen LogP contribution in [0.3, 0.4) is 0 Å². The van der Waals surface area contributed by atoms with Crippen molar-refractivity contribution in [2.45, 2.75) is 19.4 Å². The van der Waals surface area contributed by atoms with Gasteiger partial charge in [0.15, 0.2) is 0 Å². The predicted octanol–water partition coefficient (Wildman–Crippen LogP) is 2.43. The van der Waals surface area contributed by atoms with Gasteiger partial charge in [-0.1, -0.05) is 6.07 Å². The smallest absolute Gasteiger partial charge is 0.272 e. The van der Waals surface area contributed by atoms with E-state index in [0.29, 0.717) is 0 Å². The van der Waals surface area contributed by atoms with Crippen LogP contribution in [0.1, 0.15) is 23.8 Å². The van der Waals surface area contributed by atoms with Gasteiger partial charge < -0.3 is 4.90 Å². The van der Waals surface area contributed by atoms with Gasteiger partial charge >= 0.3 is 0 Å². The van der Waals surface area contributed by atoms with Crippen LogP contribution in [-0.2, 0) is 0 Å². The minimum absolute atomic E-state index is 0.125. The van der Waals surface area contributed by atoms with Gasteiger partial charge in [-0.2, -0.15) is 16.2 Å². The zero-order chi connectivity index (χ0) is 12.8. The molecule has 0 radical (unpaired) electrons. The van der Waals surface area contributed by atoms with Gasteiger partial charge in [0.2, 0.25) is 5.95 Å². The van der Waals surface area contributed by atoms with Crippen molar-refractivity contribution >= 4 is 17.7 Å². The fraction of sp³-hybridized carbons (Fsp3) is 0.500. The van der Waals surface area contributed by atoms with E-state index in [1.54, 1.807) is 23.7 Å². The third kappa shape index (κ3) is 4.00. The molecule has 1 rings (SSSR count). The molecule has 0 saturated carbocycles. The molecule has 1 unspecified atom stereocenters. The zero-order valence-electron chi connectivity index (χ0n) is 10.3. The molecule has 5 heteroatoms. The van der Waals surface area contributed by atoms with Crippen molar-refractivity contribution < 1.29 is 9.18 Å². The first-order valence-electron chi connectivity index (χ1n) is 5.45. The Labute approximate surface area is 105 Å². The van der Waals surface area contributed by atoms with Gasteiger partial charge in [-0.15, -0.1) is 0 Å². The summed E-state index contributed by atoms with van der Waals surface area (Å²) in [4.78, 5) is 17.2. The van der Waals surface area contributed by atoms with Crippen LogP contribution in [0.25, 0.3) is 0 Å². The van der Waals surface area contributed by atoms with Gasteiger partial charge in [0.1, 0.15) is 5.69 Å². The highest BCUT2D eigenvalue weighted by atomic mass is 32.2. The molecule has 1 amide bonds. The number of carbonyl (C=O) groups excluding carboxylic acids is 1. The van der Waals surface area contributed by atoms with Crippen LogP contribution in [0.4, 0.5) is 4.39 Å². The molecule has 1 aromatic heterocycles. The molecule has 0 bridgehead atoms. The van der Waals surface area contributed by atoms with E-state index in [2.05, 4.69) is 4.98 Å². The van der Waals surface area contributed by atoms with Crippen LogP contribution >= 0.6 is 11.8 Å². The van der Waals surface area contributed by atoms with Crippen molar-refractivity contribution in [3.05, 3.63) is 29.8 Å². The van der Waals surface area contributed by atoms with E-state index in [1.807, 2.05) is 13.2 Å². The summed E-state index contributed by atoms with van der Waals surface area (Å²) >= 11 is 1.74. The first kappa shape index (κ1) is 14.0. The Kier molecular flexibility index (Phi) is 5.41. The normalized spacial score (nSPS) is 12.2. The Morgan fingerprint density at radius 3 is 2.88 bits per heavy atom. The lowest BCUT2D eigenvalue weighted by atomic mass is 10.2. The van der Waals surface area contributed by atoms with Gasteiger partial charge in [-0.3, -0.25) is 4.79 Å². The summed E-state index contributed by atoms with van der Waals surface area (Å²) in [6.07, 6.45) is 2.95. The zero-order valence-corrected chi connectivity index (χ0v) is 11.1. The number of nitrogens with zero attached hydrogens (tertiary/aromatic N) is 2. The third-order valence-electron chi connectivity index (χ3n) is 2.66. The van der Waals surface area contributed by atoms with E-state index in [0.717, 1.165) is 12.2 Å². The molecule has 0 fully saturated rings. The van der Waals surface area contributed by atoms with Crippen molar-refractivity contribution in [3.8, 4) is 0 Å². The molecule has 17 heavy (non-hydrogen) atoms. The number of hydrogen-bond donors (Lipinski definition) is 0. The lowest BCUT2D eigenvalue weighted by Crippen LogP contribution is -2.36. The summed E-state index contributed by atoms with van der Waals surface area (Å²) in [5.41, 5.74) is 0.156. The van der Waals surface area contributed by atoms with Gasteiger partial charge in [0.25, 0.3) is 5.91 Å². The highest BCUT2D eigenvalue weighted by Gasteiger charge is 2.18. The van der Waals surface area contributed by atoms with Crippen LogP contribution in [0, 0.1) is 5.95 Å². The molecule has 0 aliphatic heterocycles. The molecule has 0 spiro atoms. The summed E-state index contributed by atoms with van der Waals surface area (Å²) in [5.74, 6) is 0.133. The van der Waals surface area contributed by atoms with E-state index in [-0.39, 0.29) is 17.6 Å². The molecule has 0 N–H and O–H groups in total. The van der Waals surface area contributed by atoms with Crippen molar-refractivity contribution in [2.24, 2.45) is 0 Å². The van der Waals surface area contributed by atoms with Crippen LogP contribution < -0.4 is 0 Å². The topological polar surface area (TPSA) is 33.2 Å². The molecule has 1 heterocycles. The molecular weight excluding hydrogens is 239 g/mol. The second-order valence-electron chi connectivity index (χ2n) is 3.89. The molecule has 1 aromatic rings.